The van der Waals surface area contributed by atoms with Gasteiger partial charge in [0.25, 0.3) is 0 Å². The van der Waals surface area contributed by atoms with E-state index >= 15 is 0 Å². The van der Waals surface area contributed by atoms with Crippen LogP contribution >= 0.6 is 0 Å². The van der Waals surface area contributed by atoms with Crippen molar-refractivity contribution >= 4 is 61.8 Å². The van der Waals surface area contributed by atoms with Crippen LogP contribution in [0.25, 0.3) is 0 Å². The van der Waals surface area contributed by atoms with Crippen LogP contribution < -0.4 is 0 Å². The first kappa shape index (κ1) is 26.5. The molecule has 0 fully saturated rings. The van der Waals surface area contributed by atoms with Gasteiger partial charge in [0.05, 0.1) is 13.2 Å². The van der Waals surface area contributed by atoms with Crippen molar-refractivity contribution in [3.05, 3.63) is 12.7 Å². The molecule has 0 spiro atoms. The number of rotatable bonds is 17. The van der Waals surface area contributed by atoms with Gasteiger partial charge in [-0.15, -0.1) is 6.58 Å². The molecule has 0 unspecified atom stereocenters. The second-order valence-corrected chi connectivity index (χ2v) is 6.98. The van der Waals surface area contributed by atoms with E-state index < -0.39 is 10.4 Å². The Balaban J connectivity index is 0. The average Bonchev–Trinajstić information content (AvgIpc) is 2.50. The van der Waals surface area contributed by atoms with E-state index in [1.54, 1.807) is 0 Å². The van der Waals surface area contributed by atoms with E-state index in [1.807, 2.05) is 0 Å². The molecule has 0 rings (SSSR count). The fourth-order valence-corrected chi connectivity index (χ4v) is 2.92. The van der Waals surface area contributed by atoms with Crippen LogP contribution in [0.3, 0.4) is 0 Å². The molecular weight excluding hydrogens is 339 g/mol. The van der Waals surface area contributed by atoms with Crippen LogP contribution in [0.15, 0.2) is 12.7 Å². The topological polar surface area (TPSA) is 52.6 Å². The molecule has 0 aliphatic heterocycles. The van der Waals surface area contributed by atoms with E-state index in [9.17, 15) is 8.42 Å². The summed E-state index contributed by atoms with van der Waals surface area (Å²) in [4.78, 5) is 0. The molecule has 0 aromatic carbocycles. The van der Waals surface area contributed by atoms with Gasteiger partial charge in [0.1, 0.15) is 0 Å². The molecular formula is C17H35KO4S. The van der Waals surface area contributed by atoms with E-state index in [-0.39, 0.29) is 64.6 Å². The molecule has 0 saturated heterocycles. The standard InChI is InChI=1S/C17H34O4S.K.H/c1-3-5-6-7-8-9-10-11-12-13-14-15-17-21-22(18,19)20-16-4-2;;/h4H,2-3,5-17H2,1H3;;. The van der Waals surface area contributed by atoms with Gasteiger partial charge in [-0.05, 0) is 6.42 Å². The first-order valence-corrected chi connectivity index (χ1v) is 10.1. The third kappa shape index (κ3) is 21.2. The molecule has 0 aliphatic carbocycles. The molecule has 4 nitrogen and oxygen atoms in total. The normalized spacial score (nSPS) is 11.2. The van der Waals surface area contributed by atoms with Gasteiger partial charge < -0.3 is 0 Å². The summed E-state index contributed by atoms with van der Waals surface area (Å²) in [6, 6.07) is 0. The molecule has 0 heterocycles. The molecule has 0 bridgehead atoms. The van der Waals surface area contributed by atoms with Crippen molar-refractivity contribution in [1.82, 2.24) is 0 Å². The van der Waals surface area contributed by atoms with Gasteiger partial charge >= 0.3 is 61.8 Å². The maximum absolute atomic E-state index is 11.2. The zero-order valence-electron chi connectivity index (χ0n) is 14.2. The maximum atomic E-state index is 11.2. The van der Waals surface area contributed by atoms with Crippen molar-refractivity contribution < 1.29 is 16.8 Å². The molecule has 0 amide bonds. The van der Waals surface area contributed by atoms with Gasteiger partial charge in [0.2, 0.25) is 0 Å². The first-order chi connectivity index (χ1) is 10.6. The van der Waals surface area contributed by atoms with Crippen molar-refractivity contribution in [2.45, 2.75) is 84.0 Å². The molecule has 0 N–H and O–H groups in total. The summed E-state index contributed by atoms with van der Waals surface area (Å²) in [5.74, 6) is 0. The Morgan fingerprint density at radius 1 is 0.783 bits per heavy atom. The predicted molar refractivity (Wildman–Crippen MR) is 99.2 cm³/mol. The number of unbranched alkanes of at least 4 members (excludes halogenated alkanes) is 11. The number of hydrogen-bond donors (Lipinski definition) is 0. The van der Waals surface area contributed by atoms with Crippen LogP contribution in [0.5, 0.6) is 0 Å². The van der Waals surface area contributed by atoms with E-state index in [4.69, 9.17) is 4.18 Å². The third-order valence-electron chi connectivity index (χ3n) is 3.56. The summed E-state index contributed by atoms with van der Waals surface area (Å²) >= 11 is 0. The van der Waals surface area contributed by atoms with Gasteiger partial charge in [-0.2, -0.15) is 8.42 Å². The van der Waals surface area contributed by atoms with Gasteiger partial charge in [0.15, 0.2) is 0 Å². The summed E-state index contributed by atoms with van der Waals surface area (Å²) in [6.45, 7) is 5.80. The summed E-state index contributed by atoms with van der Waals surface area (Å²) < 4.78 is 31.6. The number of hydrogen-bond acceptors (Lipinski definition) is 4. The van der Waals surface area contributed by atoms with Crippen molar-refractivity contribution in [2.24, 2.45) is 0 Å². The van der Waals surface area contributed by atoms with Crippen molar-refractivity contribution in [3.8, 4) is 0 Å². The zero-order valence-corrected chi connectivity index (χ0v) is 15.0. The quantitative estimate of drug-likeness (QED) is 0.214. The molecule has 23 heavy (non-hydrogen) atoms. The monoisotopic (exact) mass is 374 g/mol. The minimum absolute atomic E-state index is 0. The van der Waals surface area contributed by atoms with Crippen LogP contribution in [-0.2, 0) is 18.8 Å². The Labute approximate surface area is 186 Å². The Bertz CT molecular complexity index is 345. The van der Waals surface area contributed by atoms with Crippen molar-refractivity contribution in [3.63, 3.8) is 0 Å². The molecule has 134 valence electrons. The van der Waals surface area contributed by atoms with Gasteiger partial charge in [0, 0.05) is 0 Å². The first-order valence-electron chi connectivity index (χ1n) is 8.77. The van der Waals surface area contributed by atoms with Crippen LogP contribution in [0.2, 0.25) is 0 Å². The summed E-state index contributed by atoms with van der Waals surface area (Å²) in [6.07, 6.45) is 16.3. The predicted octanol–water partition coefficient (Wildman–Crippen LogP) is 4.50. The molecule has 0 aromatic rings. The molecule has 6 heteroatoms. The van der Waals surface area contributed by atoms with E-state index in [1.165, 1.54) is 63.9 Å². The summed E-state index contributed by atoms with van der Waals surface area (Å²) in [5, 5.41) is 0. The van der Waals surface area contributed by atoms with Crippen molar-refractivity contribution in [2.75, 3.05) is 13.2 Å². The van der Waals surface area contributed by atoms with Crippen molar-refractivity contribution in [1.29, 1.82) is 0 Å². The fraction of sp³-hybridized carbons (Fsp3) is 0.882. The van der Waals surface area contributed by atoms with Crippen LogP contribution in [0.4, 0.5) is 0 Å². The second-order valence-electron chi connectivity index (χ2n) is 5.69. The van der Waals surface area contributed by atoms with E-state index in [2.05, 4.69) is 17.7 Å². The SMILES string of the molecule is C=CCOS(=O)(=O)OCCCCCCCCCCCCCC.[KH]. The summed E-state index contributed by atoms with van der Waals surface area (Å²) in [7, 11) is -3.83. The second kappa shape index (κ2) is 19.6. The Morgan fingerprint density at radius 2 is 1.22 bits per heavy atom. The van der Waals surface area contributed by atoms with Gasteiger partial charge in [-0.25, -0.2) is 8.37 Å². The Morgan fingerprint density at radius 3 is 1.65 bits per heavy atom. The van der Waals surface area contributed by atoms with Gasteiger partial charge in [-0.1, -0.05) is 83.6 Å². The van der Waals surface area contributed by atoms with E-state index in [0.717, 1.165) is 19.3 Å². The molecule has 0 saturated carbocycles. The van der Waals surface area contributed by atoms with Crippen LogP contribution in [0, 0.1) is 0 Å². The van der Waals surface area contributed by atoms with Crippen LogP contribution in [-0.4, -0.2) is 73.0 Å². The zero-order chi connectivity index (χ0) is 16.5. The molecule has 0 atom stereocenters. The Hall–Kier alpha value is 1.25. The average molecular weight is 375 g/mol. The summed E-state index contributed by atoms with van der Waals surface area (Å²) in [5.41, 5.74) is 0. The molecule has 0 aromatic heterocycles. The fourth-order valence-electron chi connectivity index (χ4n) is 2.27. The van der Waals surface area contributed by atoms with Crippen LogP contribution in [0.1, 0.15) is 84.0 Å². The Kier molecular flexibility index (Phi) is 22.5. The van der Waals surface area contributed by atoms with E-state index in [0.29, 0.717) is 0 Å². The van der Waals surface area contributed by atoms with Gasteiger partial charge in [-0.3, -0.25) is 0 Å². The molecule has 0 aliphatic rings. The third-order valence-corrected chi connectivity index (χ3v) is 4.44. The molecule has 0 radical (unpaired) electrons. The minimum atomic E-state index is -3.83.